The molecule has 3 aromatic heterocycles. The lowest BCUT2D eigenvalue weighted by Gasteiger charge is -2.02. The number of benzene rings is 1. The van der Waals surface area contributed by atoms with Gasteiger partial charge in [0.1, 0.15) is 17.1 Å². The minimum Gasteiger partial charge on any atom is -0.248 e. The average molecular weight is 308 g/mol. The van der Waals surface area contributed by atoms with Gasteiger partial charge in [-0.3, -0.25) is 0 Å². The summed E-state index contributed by atoms with van der Waals surface area (Å²) in [5.41, 5.74) is 2.98. The van der Waals surface area contributed by atoms with Crippen LogP contribution < -0.4 is 0 Å². The van der Waals surface area contributed by atoms with E-state index >= 15 is 0 Å². The Balaban J connectivity index is 1.70. The van der Waals surface area contributed by atoms with Crippen LogP contribution in [0.4, 0.5) is 0 Å². The summed E-state index contributed by atoms with van der Waals surface area (Å²) in [6.45, 7) is 0. The molecule has 0 fully saturated rings. The third kappa shape index (κ3) is 2.96. The van der Waals surface area contributed by atoms with Crippen LogP contribution in [0.25, 0.3) is 22.4 Å². The lowest BCUT2D eigenvalue weighted by Crippen LogP contribution is -1.94. The highest BCUT2D eigenvalue weighted by Gasteiger charge is 2.04. The van der Waals surface area contributed by atoms with Gasteiger partial charge in [-0.1, -0.05) is 30.3 Å². The second-order valence-electron chi connectivity index (χ2n) is 5.13. The zero-order chi connectivity index (χ0) is 16.2. The van der Waals surface area contributed by atoms with E-state index < -0.39 is 0 Å². The van der Waals surface area contributed by atoms with Gasteiger partial charge in [0.2, 0.25) is 0 Å². The minimum absolute atomic E-state index is 0.593. The summed E-state index contributed by atoms with van der Waals surface area (Å²) in [4.78, 5) is 17.7. The predicted octanol–water partition coefficient (Wildman–Crippen LogP) is 3.49. The Hall–Kier alpha value is -3.58. The topological polar surface area (TPSA) is 51.6 Å². The first-order chi connectivity index (χ1) is 11.9. The summed E-state index contributed by atoms with van der Waals surface area (Å²) in [7, 11) is 0. The highest BCUT2D eigenvalue weighted by molar-refractivity contribution is 5.79. The molecule has 0 aliphatic heterocycles. The van der Waals surface area contributed by atoms with Crippen molar-refractivity contribution in [2.45, 2.75) is 0 Å². The lowest BCUT2D eigenvalue weighted by molar-refractivity contribution is 1.17. The summed E-state index contributed by atoms with van der Waals surface area (Å²) in [5, 5.41) is 1.01. The fraction of sp³-hybridized carbons (Fsp3) is 0. The van der Waals surface area contributed by atoms with E-state index in [2.05, 4.69) is 31.8 Å². The largest absolute Gasteiger partial charge is 0.248 e. The summed E-state index contributed by atoms with van der Waals surface area (Å²) in [5.74, 6) is 6.63. The van der Waals surface area contributed by atoms with Gasteiger partial charge >= 0.3 is 0 Å². The third-order valence-electron chi connectivity index (χ3n) is 3.45. The molecule has 3 heterocycles. The van der Waals surface area contributed by atoms with E-state index in [9.17, 15) is 0 Å². The number of aromatic nitrogens is 4. The zero-order valence-corrected chi connectivity index (χ0v) is 12.7. The Bertz CT molecular complexity index is 1060. The number of hydrogen-bond donors (Lipinski definition) is 0. The maximum Gasteiger partial charge on any atom is 0.178 e. The Morgan fingerprint density at radius 1 is 0.667 bits per heavy atom. The molecule has 0 aliphatic rings. The van der Waals surface area contributed by atoms with Crippen molar-refractivity contribution >= 4 is 10.9 Å². The van der Waals surface area contributed by atoms with Gasteiger partial charge in [-0.05, 0) is 42.2 Å². The molecule has 4 heteroatoms. The van der Waals surface area contributed by atoms with Crippen LogP contribution in [-0.2, 0) is 0 Å². The van der Waals surface area contributed by atoms with Crippen molar-refractivity contribution in [1.29, 1.82) is 0 Å². The molecule has 4 aromatic rings. The molecule has 0 atom stereocenters. The Labute approximate surface area is 139 Å². The molecule has 0 spiro atoms. The highest BCUT2D eigenvalue weighted by atomic mass is 14.9. The second kappa shape index (κ2) is 6.27. The molecule has 0 bridgehead atoms. The number of nitrogens with zero attached hydrogens (tertiary/aromatic N) is 4. The van der Waals surface area contributed by atoms with E-state index in [1.165, 1.54) is 0 Å². The van der Waals surface area contributed by atoms with Gasteiger partial charge in [-0.25, -0.2) is 19.9 Å². The van der Waals surface area contributed by atoms with Gasteiger partial charge in [-0.2, -0.15) is 0 Å². The molecule has 0 saturated carbocycles. The van der Waals surface area contributed by atoms with E-state index in [0.717, 1.165) is 10.9 Å². The van der Waals surface area contributed by atoms with Crippen LogP contribution in [0.5, 0.6) is 0 Å². The van der Waals surface area contributed by atoms with Crippen molar-refractivity contribution in [3.63, 3.8) is 0 Å². The summed E-state index contributed by atoms with van der Waals surface area (Å²) in [6.07, 6.45) is 3.53. The Morgan fingerprint density at radius 3 is 2.42 bits per heavy atom. The second-order valence-corrected chi connectivity index (χ2v) is 5.13. The fourth-order valence-corrected chi connectivity index (χ4v) is 2.29. The lowest BCUT2D eigenvalue weighted by atomic mass is 10.2. The summed E-state index contributed by atoms with van der Waals surface area (Å²) in [6, 6.07) is 19.2. The van der Waals surface area contributed by atoms with Crippen LogP contribution in [0, 0.1) is 11.8 Å². The van der Waals surface area contributed by atoms with Crippen LogP contribution in [0.3, 0.4) is 0 Å². The third-order valence-corrected chi connectivity index (χ3v) is 3.45. The van der Waals surface area contributed by atoms with Crippen LogP contribution >= 0.6 is 0 Å². The zero-order valence-electron chi connectivity index (χ0n) is 12.7. The quantitative estimate of drug-likeness (QED) is 0.505. The molecule has 0 aliphatic carbocycles. The predicted molar refractivity (Wildman–Crippen MR) is 93.0 cm³/mol. The van der Waals surface area contributed by atoms with Crippen molar-refractivity contribution in [3.8, 4) is 23.4 Å². The molecular weight excluding hydrogens is 296 g/mol. The van der Waals surface area contributed by atoms with Gasteiger partial charge in [0.25, 0.3) is 0 Å². The molecule has 0 radical (unpaired) electrons. The molecule has 112 valence electrons. The first-order valence-electron chi connectivity index (χ1n) is 7.51. The standard InChI is InChI=1S/C20H12N4/c1-2-9-18-15(6-1)14-22-20(24-18)19-10-5-8-17(23-19)12-11-16-7-3-4-13-21-16/h1-10,13-14H. The van der Waals surface area contributed by atoms with Crippen LogP contribution in [0.2, 0.25) is 0 Å². The van der Waals surface area contributed by atoms with Gasteiger partial charge in [0.05, 0.1) is 5.52 Å². The molecule has 4 nitrogen and oxygen atoms in total. The van der Waals surface area contributed by atoms with Crippen molar-refractivity contribution < 1.29 is 0 Å². The van der Waals surface area contributed by atoms with Gasteiger partial charge in [-0.15, -0.1) is 0 Å². The molecule has 0 amide bonds. The van der Waals surface area contributed by atoms with E-state index in [0.29, 0.717) is 22.9 Å². The Morgan fingerprint density at radius 2 is 1.50 bits per heavy atom. The van der Waals surface area contributed by atoms with Gasteiger partial charge in [0, 0.05) is 17.8 Å². The Kier molecular flexibility index (Phi) is 3.67. The van der Waals surface area contributed by atoms with Crippen molar-refractivity contribution in [3.05, 3.63) is 84.4 Å². The fourth-order valence-electron chi connectivity index (χ4n) is 2.29. The van der Waals surface area contributed by atoms with Crippen LogP contribution in [-0.4, -0.2) is 19.9 Å². The minimum atomic E-state index is 0.593. The number of rotatable bonds is 1. The van der Waals surface area contributed by atoms with Gasteiger partial charge in [0.15, 0.2) is 5.82 Å². The van der Waals surface area contributed by atoms with E-state index in [-0.39, 0.29) is 0 Å². The number of fused-ring (bicyclic) bond motifs is 1. The van der Waals surface area contributed by atoms with E-state index in [4.69, 9.17) is 0 Å². The maximum atomic E-state index is 4.57. The van der Waals surface area contributed by atoms with E-state index in [1.54, 1.807) is 6.20 Å². The monoisotopic (exact) mass is 308 g/mol. The van der Waals surface area contributed by atoms with E-state index in [1.807, 2.05) is 66.9 Å². The summed E-state index contributed by atoms with van der Waals surface area (Å²) < 4.78 is 0. The number of hydrogen-bond acceptors (Lipinski definition) is 4. The van der Waals surface area contributed by atoms with Crippen molar-refractivity contribution in [2.75, 3.05) is 0 Å². The summed E-state index contributed by atoms with van der Waals surface area (Å²) >= 11 is 0. The average Bonchev–Trinajstić information content (AvgIpc) is 2.67. The first kappa shape index (κ1) is 14.0. The molecule has 0 saturated heterocycles. The molecular formula is C20H12N4. The molecule has 24 heavy (non-hydrogen) atoms. The first-order valence-corrected chi connectivity index (χ1v) is 7.51. The maximum absolute atomic E-state index is 4.57. The number of para-hydroxylation sites is 1. The number of pyridine rings is 2. The molecule has 0 unspecified atom stereocenters. The molecule has 1 aromatic carbocycles. The van der Waals surface area contributed by atoms with Gasteiger partial charge < -0.3 is 0 Å². The molecule has 4 rings (SSSR count). The van der Waals surface area contributed by atoms with Crippen LogP contribution in [0.15, 0.2) is 73.1 Å². The highest BCUT2D eigenvalue weighted by Crippen LogP contribution is 2.16. The smallest absolute Gasteiger partial charge is 0.178 e. The van der Waals surface area contributed by atoms with Crippen molar-refractivity contribution in [2.24, 2.45) is 0 Å². The SMILES string of the molecule is C(#Cc1cccc(-c2ncc3ccccc3n2)n1)c1ccccn1. The van der Waals surface area contributed by atoms with Crippen molar-refractivity contribution in [1.82, 2.24) is 19.9 Å². The normalized spacial score (nSPS) is 10.2. The molecule has 0 N–H and O–H groups in total. The van der Waals surface area contributed by atoms with Crippen LogP contribution in [0.1, 0.15) is 11.4 Å².